The minimum Gasteiger partial charge on any atom is -0.291 e. The lowest BCUT2D eigenvalue weighted by Gasteiger charge is -1.97. The summed E-state index contributed by atoms with van der Waals surface area (Å²) in [6, 6.07) is 5.51. The number of ketones is 1. The number of rotatable bonds is 3. The van der Waals surface area contributed by atoms with Crippen molar-refractivity contribution >= 4 is 17.1 Å². The van der Waals surface area contributed by atoms with E-state index in [-0.39, 0.29) is 5.78 Å². The summed E-state index contributed by atoms with van der Waals surface area (Å²) in [6.45, 7) is 0.327. The molecule has 0 saturated carbocycles. The molecule has 0 N–H and O–H groups in total. The Hall–Kier alpha value is -1.42. The van der Waals surface area contributed by atoms with Gasteiger partial charge in [-0.2, -0.15) is 5.10 Å². The Labute approximate surface area is 79.6 Å². The molecule has 0 aliphatic rings. The summed E-state index contributed by atoms with van der Waals surface area (Å²) in [5.74, 6) is 0.110. The normalized spacial score (nSPS) is 10.2. The van der Waals surface area contributed by atoms with E-state index >= 15 is 0 Å². The maximum atomic E-state index is 11.5. The third-order valence-electron chi connectivity index (χ3n) is 1.66. The zero-order valence-electron chi connectivity index (χ0n) is 6.88. The topological polar surface area (TPSA) is 34.9 Å². The van der Waals surface area contributed by atoms with Crippen molar-refractivity contribution < 1.29 is 4.79 Å². The van der Waals surface area contributed by atoms with Crippen LogP contribution in [0.3, 0.4) is 0 Å². The van der Waals surface area contributed by atoms with E-state index in [4.69, 9.17) is 0 Å². The molecule has 2 aromatic rings. The molecule has 0 bridgehead atoms. The molecule has 2 heterocycles. The van der Waals surface area contributed by atoms with Crippen molar-refractivity contribution in [2.24, 2.45) is 0 Å². The first-order valence-corrected chi connectivity index (χ1v) is 4.78. The molecule has 0 fully saturated rings. The number of Topliss-reactive ketones (excluding diaryl/α,β-unsaturated/α-hetero) is 1. The fraction of sp³-hybridized carbons (Fsp3) is 0.111. The predicted molar refractivity (Wildman–Crippen MR) is 50.9 cm³/mol. The van der Waals surface area contributed by atoms with Crippen LogP contribution in [0.5, 0.6) is 0 Å². The largest absolute Gasteiger partial charge is 0.291 e. The second-order valence-electron chi connectivity index (χ2n) is 2.60. The van der Waals surface area contributed by atoms with Gasteiger partial charge >= 0.3 is 0 Å². The average Bonchev–Trinajstić information content (AvgIpc) is 2.74. The van der Waals surface area contributed by atoms with Crippen LogP contribution in [0.4, 0.5) is 0 Å². The van der Waals surface area contributed by atoms with Crippen LogP contribution >= 0.6 is 11.3 Å². The van der Waals surface area contributed by atoms with E-state index < -0.39 is 0 Å². The van der Waals surface area contributed by atoms with Gasteiger partial charge < -0.3 is 0 Å². The van der Waals surface area contributed by atoms with Crippen molar-refractivity contribution in [1.29, 1.82) is 0 Å². The van der Waals surface area contributed by atoms with Crippen LogP contribution < -0.4 is 0 Å². The highest BCUT2D eigenvalue weighted by Gasteiger charge is 2.06. The highest BCUT2D eigenvalue weighted by molar-refractivity contribution is 7.12. The summed E-state index contributed by atoms with van der Waals surface area (Å²) in [4.78, 5) is 12.3. The van der Waals surface area contributed by atoms with Crippen molar-refractivity contribution in [2.75, 3.05) is 0 Å². The smallest absolute Gasteiger partial charge is 0.194 e. The monoisotopic (exact) mass is 192 g/mol. The van der Waals surface area contributed by atoms with Gasteiger partial charge in [-0.1, -0.05) is 6.07 Å². The van der Waals surface area contributed by atoms with Gasteiger partial charge in [-0.25, -0.2) is 0 Å². The molecule has 0 unspecified atom stereocenters. The number of nitrogens with zero attached hydrogens (tertiary/aromatic N) is 2. The SMILES string of the molecule is O=C(Cn1cccn1)c1cccs1. The Kier molecular flexibility index (Phi) is 2.23. The van der Waals surface area contributed by atoms with Gasteiger partial charge in [-0.3, -0.25) is 9.48 Å². The Morgan fingerprint density at radius 2 is 2.46 bits per heavy atom. The summed E-state index contributed by atoms with van der Waals surface area (Å²) in [7, 11) is 0. The van der Waals surface area contributed by atoms with Crippen molar-refractivity contribution in [3.05, 3.63) is 40.8 Å². The van der Waals surface area contributed by atoms with Gasteiger partial charge in [0.05, 0.1) is 4.88 Å². The van der Waals surface area contributed by atoms with E-state index in [0.29, 0.717) is 6.54 Å². The number of thiophene rings is 1. The first kappa shape index (κ1) is 8.19. The molecule has 0 amide bonds. The first-order valence-electron chi connectivity index (χ1n) is 3.90. The van der Waals surface area contributed by atoms with Gasteiger partial charge in [0.25, 0.3) is 0 Å². The molecule has 13 heavy (non-hydrogen) atoms. The second kappa shape index (κ2) is 3.53. The summed E-state index contributed by atoms with van der Waals surface area (Å²) < 4.78 is 1.63. The Balaban J connectivity index is 2.08. The molecule has 2 rings (SSSR count). The maximum Gasteiger partial charge on any atom is 0.194 e. The van der Waals surface area contributed by atoms with E-state index in [1.165, 1.54) is 11.3 Å². The van der Waals surface area contributed by atoms with Crippen LogP contribution in [-0.2, 0) is 6.54 Å². The van der Waals surface area contributed by atoms with Gasteiger partial charge in [0, 0.05) is 12.4 Å². The van der Waals surface area contributed by atoms with Gasteiger partial charge in [-0.15, -0.1) is 11.3 Å². The number of carbonyl (C=O) groups excluding carboxylic acids is 1. The van der Waals surface area contributed by atoms with Crippen molar-refractivity contribution in [3.63, 3.8) is 0 Å². The summed E-state index contributed by atoms with van der Waals surface area (Å²) in [5, 5.41) is 5.87. The van der Waals surface area contributed by atoms with Gasteiger partial charge in [0.15, 0.2) is 5.78 Å². The lowest BCUT2D eigenvalue weighted by molar-refractivity contribution is 0.0971. The van der Waals surface area contributed by atoms with Crippen LogP contribution in [0, 0.1) is 0 Å². The van der Waals surface area contributed by atoms with Crippen LogP contribution in [0.2, 0.25) is 0 Å². The van der Waals surface area contributed by atoms with Gasteiger partial charge in [-0.05, 0) is 17.5 Å². The molecule has 0 spiro atoms. The molecule has 2 aromatic heterocycles. The quantitative estimate of drug-likeness (QED) is 0.695. The highest BCUT2D eigenvalue weighted by atomic mass is 32.1. The molecule has 0 saturated heterocycles. The minimum atomic E-state index is 0.110. The predicted octanol–water partition coefficient (Wildman–Crippen LogP) is 1.83. The van der Waals surface area contributed by atoms with Crippen molar-refractivity contribution in [2.45, 2.75) is 6.54 Å². The van der Waals surface area contributed by atoms with Gasteiger partial charge in [0.1, 0.15) is 6.54 Å². The molecular weight excluding hydrogens is 184 g/mol. The van der Waals surface area contributed by atoms with Crippen LogP contribution in [0.1, 0.15) is 9.67 Å². The van der Waals surface area contributed by atoms with E-state index in [1.54, 1.807) is 17.1 Å². The standard InChI is InChI=1S/C9H8N2OS/c12-8(9-3-1-6-13-9)7-11-5-2-4-10-11/h1-6H,7H2. The molecular formula is C9H8N2OS. The fourth-order valence-electron chi connectivity index (χ4n) is 1.06. The zero-order chi connectivity index (χ0) is 9.10. The summed E-state index contributed by atoms with van der Waals surface area (Å²) in [6.07, 6.45) is 3.45. The molecule has 0 aliphatic carbocycles. The third kappa shape index (κ3) is 1.84. The molecule has 0 aliphatic heterocycles. The third-order valence-corrected chi connectivity index (χ3v) is 2.57. The van der Waals surface area contributed by atoms with E-state index in [0.717, 1.165) is 4.88 Å². The maximum absolute atomic E-state index is 11.5. The van der Waals surface area contributed by atoms with Crippen LogP contribution in [0.25, 0.3) is 0 Å². The molecule has 3 nitrogen and oxygen atoms in total. The van der Waals surface area contributed by atoms with E-state index in [2.05, 4.69) is 5.10 Å². The second-order valence-corrected chi connectivity index (χ2v) is 3.55. The van der Waals surface area contributed by atoms with Crippen LogP contribution in [0.15, 0.2) is 36.0 Å². The Bertz CT molecular complexity index is 378. The zero-order valence-corrected chi connectivity index (χ0v) is 7.70. The molecule has 0 radical (unpaired) electrons. The lowest BCUT2D eigenvalue weighted by atomic mass is 10.3. The summed E-state index contributed by atoms with van der Waals surface area (Å²) in [5.41, 5.74) is 0. The molecule has 4 heteroatoms. The Morgan fingerprint density at radius 1 is 1.54 bits per heavy atom. The fourth-order valence-corrected chi connectivity index (χ4v) is 1.71. The van der Waals surface area contributed by atoms with E-state index in [1.807, 2.05) is 23.6 Å². The van der Waals surface area contributed by atoms with Gasteiger partial charge in [0.2, 0.25) is 0 Å². The number of carbonyl (C=O) groups is 1. The highest BCUT2D eigenvalue weighted by Crippen LogP contribution is 2.09. The molecule has 0 atom stereocenters. The Morgan fingerprint density at radius 3 is 3.08 bits per heavy atom. The van der Waals surface area contributed by atoms with Crippen LogP contribution in [-0.4, -0.2) is 15.6 Å². The average molecular weight is 192 g/mol. The lowest BCUT2D eigenvalue weighted by Crippen LogP contribution is -2.09. The number of hydrogen-bond donors (Lipinski definition) is 0. The number of hydrogen-bond acceptors (Lipinski definition) is 3. The minimum absolute atomic E-state index is 0.110. The molecule has 66 valence electrons. The summed E-state index contributed by atoms with van der Waals surface area (Å²) >= 11 is 1.46. The van der Waals surface area contributed by atoms with Crippen molar-refractivity contribution in [1.82, 2.24) is 9.78 Å². The number of aromatic nitrogens is 2. The van der Waals surface area contributed by atoms with E-state index in [9.17, 15) is 4.79 Å². The first-order chi connectivity index (χ1) is 6.36. The van der Waals surface area contributed by atoms with Crippen molar-refractivity contribution in [3.8, 4) is 0 Å². The molecule has 0 aromatic carbocycles.